The van der Waals surface area contributed by atoms with E-state index in [2.05, 4.69) is 42.3 Å². The van der Waals surface area contributed by atoms with E-state index in [0.29, 0.717) is 28.1 Å². The fraction of sp³-hybridized carbons (Fsp3) is 0.333. The number of hydrogen-bond acceptors (Lipinski definition) is 7. The number of aromatic nitrogens is 4. The lowest BCUT2D eigenvalue weighted by Crippen LogP contribution is -2.45. The molecule has 4 heterocycles. The van der Waals surface area contributed by atoms with Gasteiger partial charge in [-0.15, -0.1) is 11.3 Å². The molecular formula is C18H20ClN7OS. The van der Waals surface area contributed by atoms with Gasteiger partial charge < -0.3 is 15.1 Å². The molecular weight excluding hydrogens is 398 g/mol. The maximum absolute atomic E-state index is 12.6. The highest BCUT2D eigenvalue weighted by Crippen LogP contribution is 2.31. The van der Waals surface area contributed by atoms with E-state index >= 15 is 0 Å². The van der Waals surface area contributed by atoms with Crippen LogP contribution in [0.3, 0.4) is 0 Å². The number of aromatic amines is 1. The predicted octanol–water partition coefficient (Wildman–Crippen LogP) is 2.26. The monoisotopic (exact) mass is 417 g/mol. The van der Waals surface area contributed by atoms with Crippen LogP contribution in [0.15, 0.2) is 30.6 Å². The van der Waals surface area contributed by atoms with Crippen LogP contribution < -0.4 is 10.2 Å². The number of thiophene rings is 1. The molecule has 1 saturated heterocycles. The van der Waals surface area contributed by atoms with Crippen LogP contribution in [0.1, 0.15) is 16.1 Å². The summed E-state index contributed by atoms with van der Waals surface area (Å²) in [7, 11) is 2.11. The standard InChI is InChI=1S/C18H20ClN7OS/c1-25-6-8-26(9-7-25)18-20-5-4-12(23-18)10-21-17(27)13-11-22-24-16(13)14-2-3-15(19)28-14/h2-5,11H,6-10H2,1H3,(H,21,27)(H,22,24). The molecule has 146 valence electrons. The molecule has 1 fully saturated rings. The fourth-order valence-electron chi connectivity index (χ4n) is 3.00. The van der Waals surface area contributed by atoms with Gasteiger partial charge in [0.25, 0.3) is 5.91 Å². The first-order chi connectivity index (χ1) is 13.6. The van der Waals surface area contributed by atoms with E-state index in [1.165, 1.54) is 17.5 Å². The zero-order valence-corrected chi connectivity index (χ0v) is 16.9. The van der Waals surface area contributed by atoms with Crippen LogP contribution in [0, 0.1) is 0 Å². The van der Waals surface area contributed by atoms with Crippen molar-refractivity contribution in [3.05, 3.63) is 46.2 Å². The minimum atomic E-state index is -0.215. The normalized spacial score (nSPS) is 15.0. The second-order valence-corrected chi connectivity index (χ2v) is 8.30. The first-order valence-corrected chi connectivity index (χ1v) is 10.1. The Balaban J connectivity index is 1.42. The molecule has 3 aromatic heterocycles. The number of rotatable bonds is 5. The number of halogens is 1. The summed E-state index contributed by atoms with van der Waals surface area (Å²) in [5, 5.41) is 9.79. The summed E-state index contributed by atoms with van der Waals surface area (Å²) in [5.41, 5.74) is 1.91. The highest BCUT2D eigenvalue weighted by molar-refractivity contribution is 7.19. The van der Waals surface area contributed by atoms with E-state index in [-0.39, 0.29) is 5.91 Å². The molecule has 0 aromatic carbocycles. The van der Waals surface area contributed by atoms with Gasteiger partial charge in [-0.05, 0) is 25.2 Å². The van der Waals surface area contributed by atoms with Gasteiger partial charge in [-0.1, -0.05) is 11.6 Å². The van der Waals surface area contributed by atoms with Gasteiger partial charge in [0.2, 0.25) is 5.95 Å². The molecule has 0 saturated carbocycles. The number of anilines is 1. The van der Waals surface area contributed by atoms with Crippen molar-refractivity contribution < 1.29 is 4.79 Å². The van der Waals surface area contributed by atoms with E-state index < -0.39 is 0 Å². The van der Waals surface area contributed by atoms with Crippen molar-refractivity contribution in [3.63, 3.8) is 0 Å². The SMILES string of the molecule is CN1CCN(c2nccc(CNC(=O)c3cn[nH]c3-c3ccc(Cl)s3)n2)CC1. The summed E-state index contributed by atoms with van der Waals surface area (Å²) >= 11 is 7.39. The third-order valence-electron chi connectivity index (χ3n) is 4.62. The Morgan fingerprint density at radius 1 is 1.29 bits per heavy atom. The molecule has 0 radical (unpaired) electrons. The maximum Gasteiger partial charge on any atom is 0.255 e. The van der Waals surface area contributed by atoms with Crippen LogP contribution in [0.2, 0.25) is 4.34 Å². The number of carbonyl (C=O) groups excluding carboxylic acids is 1. The second kappa shape index (κ2) is 8.26. The fourth-order valence-corrected chi connectivity index (χ4v) is 4.05. The zero-order valence-electron chi connectivity index (χ0n) is 15.4. The number of carbonyl (C=O) groups is 1. The Bertz CT molecular complexity index is 964. The number of nitrogens with one attached hydrogen (secondary N) is 2. The summed E-state index contributed by atoms with van der Waals surface area (Å²) in [6.45, 7) is 4.08. The third-order valence-corrected chi connectivity index (χ3v) is 5.87. The van der Waals surface area contributed by atoms with Gasteiger partial charge in [-0.3, -0.25) is 9.89 Å². The Labute approximate surface area is 171 Å². The third kappa shape index (κ3) is 4.16. The van der Waals surface area contributed by atoms with Gasteiger partial charge in [0.15, 0.2) is 0 Å². The summed E-state index contributed by atoms with van der Waals surface area (Å²) in [6, 6.07) is 5.48. The van der Waals surface area contributed by atoms with Crippen LogP contribution in [-0.2, 0) is 6.54 Å². The molecule has 0 bridgehead atoms. The van der Waals surface area contributed by atoms with Crippen molar-refractivity contribution in [2.75, 3.05) is 38.1 Å². The largest absolute Gasteiger partial charge is 0.346 e. The van der Waals surface area contributed by atoms with Crippen LogP contribution in [0.5, 0.6) is 0 Å². The molecule has 3 aromatic rings. The number of piperazine rings is 1. The van der Waals surface area contributed by atoms with E-state index in [1.54, 1.807) is 12.3 Å². The van der Waals surface area contributed by atoms with Gasteiger partial charge in [-0.2, -0.15) is 5.10 Å². The molecule has 8 nitrogen and oxygen atoms in total. The molecule has 4 rings (SSSR count). The molecule has 0 unspecified atom stereocenters. The average Bonchev–Trinajstić information content (AvgIpc) is 3.36. The number of amides is 1. The lowest BCUT2D eigenvalue weighted by Gasteiger charge is -2.32. The molecule has 1 aliphatic rings. The van der Waals surface area contributed by atoms with Crippen molar-refractivity contribution in [1.29, 1.82) is 0 Å². The zero-order chi connectivity index (χ0) is 19.5. The predicted molar refractivity (Wildman–Crippen MR) is 110 cm³/mol. The molecule has 1 aliphatic heterocycles. The summed E-state index contributed by atoms with van der Waals surface area (Å²) < 4.78 is 0.661. The number of hydrogen-bond donors (Lipinski definition) is 2. The molecule has 28 heavy (non-hydrogen) atoms. The molecule has 2 N–H and O–H groups in total. The minimum Gasteiger partial charge on any atom is -0.346 e. The van der Waals surface area contributed by atoms with E-state index in [1.807, 2.05) is 12.1 Å². The molecule has 1 amide bonds. The lowest BCUT2D eigenvalue weighted by molar-refractivity contribution is 0.0951. The van der Waals surface area contributed by atoms with E-state index in [0.717, 1.165) is 36.8 Å². The minimum absolute atomic E-state index is 0.215. The molecule has 0 aliphatic carbocycles. The van der Waals surface area contributed by atoms with E-state index in [4.69, 9.17) is 11.6 Å². The van der Waals surface area contributed by atoms with Crippen LogP contribution in [-0.4, -0.2) is 64.2 Å². The Morgan fingerprint density at radius 2 is 2.11 bits per heavy atom. The van der Waals surface area contributed by atoms with Gasteiger partial charge in [-0.25, -0.2) is 9.97 Å². The first-order valence-electron chi connectivity index (χ1n) is 8.93. The van der Waals surface area contributed by atoms with Gasteiger partial charge in [0.1, 0.15) is 0 Å². The Hall–Kier alpha value is -2.49. The molecule has 0 spiro atoms. The first kappa shape index (κ1) is 18.9. The smallest absolute Gasteiger partial charge is 0.255 e. The van der Waals surface area contributed by atoms with Gasteiger partial charge >= 0.3 is 0 Å². The number of likely N-dealkylation sites (N-methyl/N-ethyl adjacent to an activating group) is 1. The van der Waals surface area contributed by atoms with Crippen LogP contribution >= 0.6 is 22.9 Å². The number of nitrogens with zero attached hydrogens (tertiary/aromatic N) is 5. The average molecular weight is 418 g/mol. The van der Waals surface area contributed by atoms with Crippen molar-refractivity contribution in [2.24, 2.45) is 0 Å². The van der Waals surface area contributed by atoms with Crippen molar-refractivity contribution in [2.45, 2.75) is 6.54 Å². The van der Waals surface area contributed by atoms with Crippen molar-refractivity contribution >= 4 is 34.8 Å². The number of H-pyrrole nitrogens is 1. The quantitative estimate of drug-likeness (QED) is 0.661. The van der Waals surface area contributed by atoms with Crippen LogP contribution in [0.4, 0.5) is 5.95 Å². The Morgan fingerprint density at radius 3 is 2.86 bits per heavy atom. The van der Waals surface area contributed by atoms with Gasteiger partial charge in [0.05, 0.1) is 38.9 Å². The summed E-state index contributed by atoms with van der Waals surface area (Å²) in [6.07, 6.45) is 3.26. The highest BCUT2D eigenvalue weighted by Gasteiger charge is 2.18. The topological polar surface area (TPSA) is 90.0 Å². The molecule has 10 heteroatoms. The second-order valence-electron chi connectivity index (χ2n) is 6.58. The van der Waals surface area contributed by atoms with E-state index in [9.17, 15) is 4.79 Å². The lowest BCUT2D eigenvalue weighted by atomic mass is 10.2. The summed E-state index contributed by atoms with van der Waals surface area (Å²) in [4.78, 5) is 26.9. The van der Waals surface area contributed by atoms with Crippen LogP contribution in [0.25, 0.3) is 10.6 Å². The Kier molecular flexibility index (Phi) is 5.56. The summed E-state index contributed by atoms with van der Waals surface area (Å²) in [5.74, 6) is 0.491. The van der Waals surface area contributed by atoms with Crippen molar-refractivity contribution in [3.8, 4) is 10.6 Å². The van der Waals surface area contributed by atoms with Crippen molar-refractivity contribution in [1.82, 2.24) is 30.4 Å². The molecule has 0 atom stereocenters. The highest BCUT2D eigenvalue weighted by atomic mass is 35.5. The maximum atomic E-state index is 12.6. The van der Waals surface area contributed by atoms with Gasteiger partial charge in [0, 0.05) is 32.4 Å².